The van der Waals surface area contributed by atoms with Gasteiger partial charge in [-0.05, 0) is 19.9 Å². The van der Waals surface area contributed by atoms with E-state index in [1.165, 1.54) is 6.08 Å². The van der Waals surface area contributed by atoms with Gasteiger partial charge in [0.1, 0.15) is 0 Å². The molecule has 66 valence electrons. The summed E-state index contributed by atoms with van der Waals surface area (Å²) in [6.07, 6.45) is 2.42. The van der Waals surface area contributed by atoms with Gasteiger partial charge in [-0.1, -0.05) is 6.08 Å². The number of hydrogen-bond donors (Lipinski definition) is 0. The fourth-order valence-corrected chi connectivity index (χ4v) is 0.524. The van der Waals surface area contributed by atoms with Crippen molar-refractivity contribution in [1.29, 1.82) is 0 Å². The van der Waals surface area contributed by atoms with Gasteiger partial charge in [0, 0.05) is 0 Å². The highest BCUT2D eigenvalue weighted by Gasteiger charge is 2.20. The van der Waals surface area contributed by atoms with Gasteiger partial charge in [-0.3, -0.25) is 9.59 Å². The summed E-state index contributed by atoms with van der Waals surface area (Å²) in [6.45, 7) is 3.23. The minimum atomic E-state index is -1.13. The molecule has 0 heterocycles. The van der Waals surface area contributed by atoms with Crippen LogP contribution in [0.2, 0.25) is 0 Å². The second-order valence-electron chi connectivity index (χ2n) is 1.91. The van der Waals surface area contributed by atoms with Crippen LogP contribution < -0.4 is 0 Å². The Bertz CT molecular complexity index is 227. The number of carbonyl (C=O) groups is 3. The third kappa shape index (κ3) is 3.09. The van der Waals surface area contributed by atoms with Crippen molar-refractivity contribution in [2.75, 3.05) is 6.61 Å². The Balaban J connectivity index is 4.20. The van der Waals surface area contributed by atoms with E-state index in [0.717, 1.165) is 6.08 Å². The van der Waals surface area contributed by atoms with E-state index >= 15 is 0 Å². The summed E-state index contributed by atoms with van der Waals surface area (Å²) in [5, 5.41) is 0. The highest BCUT2D eigenvalue weighted by Crippen LogP contribution is 1.85. The summed E-state index contributed by atoms with van der Waals surface area (Å²) < 4.78 is 4.33. The average molecular weight is 170 g/mol. The predicted molar refractivity (Wildman–Crippen MR) is 41.5 cm³/mol. The van der Waals surface area contributed by atoms with Gasteiger partial charge in [0.05, 0.1) is 6.61 Å². The smallest absolute Gasteiger partial charge is 0.383 e. The van der Waals surface area contributed by atoms with Gasteiger partial charge in [-0.2, -0.15) is 0 Å². The van der Waals surface area contributed by atoms with Crippen LogP contribution >= 0.6 is 0 Å². The van der Waals surface area contributed by atoms with Gasteiger partial charge >= 0.3 is 11.8 Å². The largest absolute Gasteiger partial charge is 0.460 e. The van der Waals surface area contributed by atoms with Crippen molar-refractivity contribution < 1.29 is 19.1 Å². The van der Waals surface area contributed by atoms with Crippen molar-refractivity contribution in [3.63, 3.8) is 0 Å². The molecule has 0 aliphatic rings. The minimum Gasteiger partial charge on any atom is -0.460 e. The summed E-state index contributed by atoms with van der Waals surface area (Å²) in [5.41, 5.74) is 0. The van der Waals surface area contributed by atoms with Crippen LogP contribution in [0.3, 0.4) is 0 Å². The monoisotopic (exact) mass is 170 g/mol. The van der Waals surface area contributed by atoms with Crippen molar-refractivity contribution in [1.82, 2.24) is 0 Å². The predicted octanol–water partition coefficient (Wildman–Crippen LogP) is 0.264. The number of esters is 1. The quantitative estimate of drug-likeness (QED) is 0.263. The van der Waals surface area contributed by atoms with E-state index in [1.807, 2.05) is 0 Å². The Hall–Kier alpha value is -1.45. The molecule has 0 aromatic rings. The second-order valence-corrected chi connectivity index (χ2v) is 1.91. The van der Waals surface area contributed by atoms with Crippen LogP contribution in [0.4, 0.5) is 0 Å². The number of carbonyl (C=O) groups excluding carboxylic acids is 3. The molecule has 12 heavy (non-hydrogen) atoms. The Labute approximate surface area is 70.2 Å². The second kappa shape index (κ2) is 5.23. The lowest BCUT2D eigenvalue weighted by Gasteiger charge is -1.95. The molecule has 0 atom stereocenters. The van der Waals surface area contributed by atoms with E-state index < -0.39 is 17.5 Å². The van der Waals surface area contributed by atoms with Crippen LogP contribution in [0.25, 0.3) is 0 Å². The molecule has 0 rings (SSSR count). The van der Waals surface area contributed by atoms with Crippen molar-refractivity contribution in [2.45, 2.75) is 13.8 Å². The van der Waals surface area contributed by atoms with Crippen LogP contribution in [-0.4, -0.2) is 24.1 Å². The van der Waals surface area contributed by atoms with E-state index in [4.69, 9.17) is 0 Å². The highest BCUT2D eigenvalue weighted by atomic mass is 16.5. The van der Waals surface area contributed by atoms with Crippen LogP contribution in [0.15, 0.2) is 12.2 Å². The first-order valence-electron chi connectivity index (χ1n) is 3.51. The topological polar surface area (TPSA) is 60.4 Å². The van der Waals surface area contributed by atoms with E-state index in [-0.39, 0.29) is 6.61 Å². The summed E-state index contributed by atoms with van der Waals surface area (Å²) in [5.74, 6) is -3.08. The maximum Gasteiger partial charge on any atom is 0.383 e. The van der Waals surface area contributed by atoms with Gasteiger partial charge < -0.3 is 4.74 Å². The zero-order chi connectivity index (χ0) is 9.56. The normalized spacial score (nSPS) is 9.83. The number of ketones is 2. The third-order valence-corrected chi connectivity index (χ3v) is 1.00. The Morgan fingerprint density at radius 1 is 1.33 bits per heavy atom. The molecule has 0 bridgehead atoms. The molecule has 0 aliphatic carbocycles. The molecule has 0 unspecified atom stereocenters. The fourth-order valence-electron chi connectivity index (χ4n) is 0.524. The van der Waals surface area contributed by atoms with Crippen LogP contribution in [0.1, 0.15) is 13.8 Å². The molecular formula is C8H10O4. The van der Waals surface area contributed by atoms with Crippen LogP contribution in [0, 0.1) is 0 Å². The fraction of sp³-hybridized carbons (Fsp3) is 0.375. The molecule has 0 radical (unpaired) electrons. The van der Waals surface area contributed by atoms with Crippen molar-refractivity contribution >= 4 is 17.5 Å². The van der Waals surface area contributed by atoms with Gasteiger partial charge in [0.15, 0.2) is 0 Å². The van der Waals surface area contributed by atoms with Gasteiger partial charge in [-0.15, -0.1) is 0 Å². The molecular weight excluding hydrogens is 160 g/mol. The molecule has 0 amide bonds. The first-order valence-corrected chi connectivity index (χ1v) is 3.51. The molecule has 0 saturated heterocycles. The molecule has 0 aliphatic heterocycles. The lowest BCUT2D eigenvalue weighted by Crippen LogP contribution is -2.24. The Morgan fingerprint density at radius 2 is 1.92 bits per heavy atom. The molecule has 0 saturated carbocycles. The first-order chi connectivity index (χ1) is 5.63. The summed E-state index contributed by atoms with van der Waals surface area (Å²) in [6, 6.07) is 0. The minimum absolute atomic E-state index is 0.0910. The van der Waals surface area contributed by atoms with E-state index in [9.17, 15) is 14.4 Å². The average Bonchev–Trinajstić information content (AvgIpc) is 2.04. The molecule has 0 aromatic carbocycles. The third-order valence-electron chi connectivity index (χ3n) is 1.00. The molecule has 0 N–H and O–H groups in total. The number of allylic oxidation sites excluding steroid dienone is 2. The zero-order valence-corrected chi connectivity index (χ0v) is 6.99. The number of ether oxygens (including phenoxy) is 1. The van der Waals surface area contributed by atoms with Crippen LogP contribution in [0.5, 0.6) is 0 Å². The van der Waals surface area contributed by atoms with E-state index in [1.54, 1.807) is 13.8 Å². The highest BCUT2D eigenvalue weighted by molar-refractivity contribution is 6.64. The van der Waals surface area contributed by atoms with Crippen molar-refractivity contribution in [2.24, 2.45) is 0 Å². The zero-order valence-electron chi connectivity index (χ0n) is 6.99. The van der Waals surface area contributed by atoms with Gasteiger partial charge in [0.2, 0.25) is 5.78 Å². The number of Topliss-reactive ketones (excluding diaryl/α,β-unsaturated/α-hetero) is 1. The summed E-state index contributed by atoms with van der Waals surface area (Å²) in [4.78, 5) is 32.1. The van der Waals surface area contributed by atoms with E-state index in [0.29, 0.717) is 0 Å². The van der Waals surface area contributed by atoms with Crippen molar-refractivity contribution in [3.05, 3.63) is 12.2 Å². The first kappa shape index (κ1) is 10.6. The molecule has 0 aromatic heterocycles. The molecule has 4 nitrogen and oxygen atoms in total. The van der Waals surface area contributed by atoms with Crippen LogP contribution in [-0.2, 0) is 19.1 Å². The molecule has 4 heteroatoms. The standard InChI is InChI=1S/C8H10O4/c1-3-5-6(9)7(10)8(11)12-4-2/h3,5H,4H2,1-2H3. The lowest BCUT2D eigenvalue weighted by atomic mass is 10.2. The number of hydrogen-bond acceptors (Lipinski definition) is 4. The molecule has 0 spiro atoms. The number of rotatable bonds is 4. The summed E-state index contributed by atoms with van der Waals surface area (Å²) in [7, 11) is 0. The SMILES string of the molecule is CC=CC(=O)C(=O)C(=O)OCC. The maximum atomic E-state index is 10.7. The Kier molecular flexibility index (Phi) is 4.60. The van der Waals surface area contributed by atoms with E-state index in [2.05, 4.69) is 4.74 Å². The lowest BCUT2D eigenvalue weighted by molar-refractivity contribution is -0.155. The Morgan fingerprint density at radius 3 is 2.33 bits per heavy atom. The van der Waals surface area contributed by atoms with Gasteiger partial charge in [0.25, 0.3) is 0 Å². The van der Waals surface area contributed by atoms with Gasteiger partial charge in [-0.25, -0.2) is 4.79 Å². The molecule has 0 fully saturated rings. The van der Waals surface area contributed by atoms with Crippen molar-refractivity contribution in [3.8, 4) is 0 Å². The maximum absolute atomic E-state index is 10.7. The summed E-state index contributed by atoms with van der Waals surface area (Å²) >= 11 is 0.